The number of benzene rings is 1. The second-order valence-corrected chi connectivity index (χ2v) is 5.03. The van der Waals surface area contributed by atoms with Crippen LogP contribution >= 0.6 is 0 Å². The predicted molar refractivity (Wildman–Crippen MR) is 84.7 cm³/mol. The fraction of sp³-hybridized carbons (Fsp3) is 0.250. The molecule has 0 aliphatic heterocycles. The molecule has 1 heterocycles. The molecule has 0 spiro atoms. The molecule has 110 valence electrons. The molecule has 1 aromatic heterocycles. The molecule has 0 bridgehead atoms. The van der Waals surface area contributed by atoms with Gasteiger partial charge < -0.3 is 11.1 Å². The van der Waals surface area contributed by atoms with Crippen LogP contribution in [0.25, 0.3) is 0 Å². The molecule has 5 nitrogen and oxygen atoms in total. The van der Waals surface area contributed by atoms with Crippen molar-refractivity contribution in [2.75, 3.05) is 18.1 Å². The molecule has 0 aliphatic carbocycles. The van der Waals surface area contributed by atoms with Gasteiger partial charge in [0, 0.05) is 24.1 Å². The first kappa shape index (κ1) is 15.0. The van der Waals surface area contributed by atoms with Crippen LogP contribution in [0.5, 0.6) is 0 Å². The quantitative estimate of drug-likeness (QED) is 0.825. The summed E-state index contributed by atoms with van der Waals surface area (Å²) in [5.41, 5.74) is 7.97. The summed E-state index contributed by atoms with van der Waals surface area (Å²) in [6, 6.07) is 12.6. The predicted octanol–water partition coefficient (Wildman–Crippen LogP) is 2.12. The van der Waals surface area contributed by atoms with E-state index in [4.69, 9.17) is 5.73 Å². The number of carbonyl (C=O) groups excluding carboxylic acids is 1. The molecule has 0 saturated carbocycles. The monoisotopic (exact) mass is 284 g/mol. The number of amides is 1. The summed E-state index contributed by atoms with van der Waals surface area (Å²) in [6.07, 6.45) is 1.75. The molecule has 1 aromatic carbocycles. The summed E-state index contributed by atoms with van der Waals surface area (Å²) in [7, 11) is 1.90. The van der Waals surface area contributed by atoms with Gasteiger partial charge in [-0.05, 0) is 44.3 Å². The van der Waals surface area contributed by atoms with Gasteiger partial charge >= 0.3 is 0 Å². The van der Waals surface area contributed by atoms with E-state index >= 15 is 0 Å². The lowest BCUT2D eigenvalue weighted by atomic mass is 10.2. The van der Waals surface area contributed by atoms with Gasteiger partial charge in [-0.1, -0.05) is 12.1 Å². The molecule has 2 rings (SSSR count). The summed E-state index contributed by atoms with van der Waals surface area (Å²) in [4.78, 5) is 18.5. The number of likely N-dealkylation sites (N-methyl/N-ethyl adjacent to an activating group) is 1. The molecule has 0 aliphatic rings. The lowest BCUT2D eigenvalue weighted by molar-refractivity contribution is -0.120. The van der Waals surface area contributed by atoms with Gasteiger partial charge in [0.2, 0.25) is 5.91 Å². The number of rotatable bonds is 5. The Morgan fingerprint density at radius 1 is 1.33 bits per heavy atom. The molecule has 1 amide bonds. The number of nitrogens with one attached hydrogen (secondary N) is 1. The molecular weight excluding hydrogens is 264 g/mol. The van der Waals surface area contributed by atoms with E-state index in [1.54, 1.807) is 18.3 Å². The second-order valence-electron chi connectivity index (χ2n) is 5.03. The molecule has 21 heavy (non-hydrogen) atoms. The van der Waals surface area contributed by atoms with Gasteiger partial charge in [0.15, 0.2) is 0 Å². The average molecular weight is 284 g/mol. The van der Waals surface area contributed by atoms with Gasteiger partial charge in [0.1, 0.15) is 0 Å². The number of carbonyl (C=O) groups is 1. The van der Waals surface area contributed by atoms with Crippen molar-refractivity contribution in [3.8, 4) is 0 Å². The van der Waals surface area contributed by atoms with Gasteiger partial charge in [0.05, 0.1) is 11.7 Å². The van der Waals surface area contributed by atoms with Crippen LogP contribution in [0.3, 0.4) is 0 Å². The summed E-state index contributed by atoms with van der Waals surface area (Å²) in [5.74, 6) is -0.0703. The van der Waals surface area contributed by atoms with Crippen molar-refractivity contribution in [1.82, 2.24) is 9.88 Å². The van der Waals surface area contributed by atoms with Gasteiger partial charge in [0.25, 0.3) is 0 Å². The molecule has 0 fully saturated rings. The van der Waals surface area contributed by atoms with E-state index in [9.17, 15) is 4.79 Å². The first-order valence-corrected chi connectivity index (χ1v) is 6.83. The lowest BCUT2D eigenvalue weighted by Gasteiger charge is -2.23. The third-order valence-corrected chi connectivity index (χ3v) is 3.33. The van der Waals surface area contributed by atoms with E-state index in [1.807, 2.05) is 49.2 Å². The Bertz CT molecular complexity index is 600. The third kappa shape index (κ3) is 4.29. The Hall–Kier alpha value is -2.40. The zero-order valence-electron chi connectivity index (χ0n) is 12.3. The Morgan fingerprint density at radius 2 is 2.14 bits per heavy atom. The number of hydrogen-bond donors (Lipinski definition) is 2. The van der Waals surface area contributed by atoms with Crippen molar-refractivity contribution >= 4 is 17.3 Å². The van der Waals surface area contributed by atoms with E-state index in [0.717, 1.165) is 5.69 Å². The number of pyridine rings is 1. The molecule has 1 unspecified atom stereocenters. The maximum atomic E-state index is 12.2. The van der Waals surface area contributed by atoms with Crippen molar-refractivity contribution in [3.63, 3.8) is 0 Å². The van der Waals surface area contributed by atoms with Crippen LogP contribution in [-0.4, -0.2) is 28.9 Å². The molecule has 5 heteroatoms. The normalized spacial score (nSPS) is 12.1. The highest BCUT2D eigenvalue weighted by molar-refractivity contribution is 5.94. The molecule has 1 atom stereocenters. The fourth-order valence-electron chi connectivity index (χ4n) is 1.95. The largest absolute Gasteiger partial charge is 0.399 e. The highest BCUT2D eigenvalue weighted by atomic mass is 16.2. The Morgan fingerprint density at radius 3 is 2.81 bits per heavy atom. The molecule has 0 radical (unpaired) electrons. The molecule has 0 saturated heterocycles. The van der Waals surface area contributed by atoms with Crippen molar-refractivity contribution in [2.45, 2.75) is 19.5 Å². The summed E-state index contributed by atoms with van der Waals surface area (Å²) >= 11 is 0. The number of aromatic nitrogens is 1. The van der Waals surface area contributed by atoms with Crippen molar-refractivity contribution in [2.24, 2.45) is 0 Å². The number of anilines is 2. The summed E-state index contributed by atoms with van der Waals surface area (Å²) in [5, 5.41) is 2.87. The van der Waals surface area contributed by atoms with Gasteiger partial charge in [-0.3, -0.25) is 14.7 Å². The van der Waals surface area contributed by atoms with Crippen LogP contribution < -0.4 is 11.1 Å². The molecular formula is C16H20N4O. The highest BCUT2D eigenvalue weighted by Gasteiger charge is 2.18. The zero-order chi connectivity index (χ0) is 15.2. The second kappa shape index (κ2) is 6.85. The number of nitrogens with zero attached hydrogens (tertiary/aromatic N) is 2. The van der Waals surface area contributed by atoms with Crippen LogP contribution in [0.4, 0.5) is 11.4 Å². The minimum absolute atomic E-state index is 0.0703. The van der Waals surface area contributed by atoms with Crippen LogP contribution in [0.1, 0.15) is 12.6 Å². The Balaban J connectivity index is 1.95. The molecule has 3 N–H and O–H groups in total. The standard InChI is InChI=1S/C16H20N4O/c1-12(20(2)11-15-7-3-4-9-18-15)16(21)19-14-8-5-6-13(17)10-14/h3-10,12H,11,17H2,1-2H3,(H,19,21). The number of hydrogen-bond acceptors (Lipinski definition) is 4. The van der Waals surface area contributed by atoms with Gasteiger partial charge in [-0.15, -0.1) is 0 Å². The Kier molecular flexibility index (Phi) is 4.90. The minimum atomic E-state index is -0.270. The fourth-order valence-corrected chi connectivity index (χ4v) is 1.95. The van der Waals surface area contributed by atoms with Crippen LogP contribution in [0.15, 0.2) is 48.7 Å². The number of nitrogen functional groups attached to an aromatic ring is 1. The Labute approximate surface area is 124 Å². The molecule has 2 aromatic rings. The smallest absolute Gasteiger partial charge is 0.241 e. The van der Waals surface area contributed by atoms with E-state index < -0.39 is 0 Å². The van der Waals surface area contributed by atoms with Crippen LogP contribution in [0.2, 0.25) is 0 Å². The van der Waals surface area contributed by atoms with Gasteiger partial charge in [-0.25, -0.2) is 0 Å². The minimum Gasteiger partial charge on any atom is -0.399 e. The van der Waals surface area contributed by atoms with Crippen molar-refractivity contribution in [3.05, 3.63) is 54.4 Å². The maximum absolute atomic E-state index is 12.2. The third-order valence-electron chi connectivity index (χ3n) is 3.33. The van der Waals surface area contributed by atoms with Crippen LogP contribution in [0, 0.1) is 0 Å². The van der Waals surface area contributed by atoms with E-state index in [0.29, 0.717) is 17.9 Å². The number of nitrogens with two attached hydrogens (primary N) is 1. The van der Waals surface area contributed by atoms with E-state index in [2.05, 4.69) is 10.3 Å². The highest BCUT2D eigenvalue weighted by Crippen LogP contribution is 2.13. The van der Waals surface area contributed by atoms with Crippen molar-refractivity contribution in [1.29, 1.82) is 0 Å². The first-order chi connectivity index (χ1) is 10.1. The van der Waals surface area contributed by atoms with E-state index in [-0.39, 0.29) is 11.9 Å². The zero-order valence-corrected chi connectivity index (χ0v) is 12.3. The SMILES string of the molecule is CC(C(=O)Nc1cccc(N)c1)N(C)Cc1ccccn1. The summed E-state index contributed by atoms with van der Waals surface area (Å²) < 4.78 is 0. The van der Waals surface area contributed by atoms with Crippen LogP contribution in [-0.2, 0) is 11.3 Å². The summed E-state index contributed by atoms with van der Waals surface area (Å²) in [6.45, 7) is 2.48. The van der Waals surface area contributed by atoms with Crippen molar-refractivity contribution < 1.29 is 4.79 Å². The van der Waals surface area contributed by atoms with Gasteiger partial charge in [-0.2, -0.15) is 0 Å². The topological polar surface area (TPSA) is 71.2 Å². The average Bonchev–Trinajstić information content (AvgIpc) is 2.47. The first-order valence-electron chi connectivity index (χ1n) is 6.83. The lowest BCUT2D eigenvalue weighted by Crippen LogP contribution is -2.39. The van der Waals surface area contributed by atoms with E-state index in [1.165, 1.54) is 0 Å². The maximum Gasteiger partial charge on any atom is 0.241 e.